The average Bonchev–Trinajstić information content (AvgIpc) is 2.87. The van der Waals surface area contributed by atoms with Crippen LogP contribution in [0.4, 0.5) is 5.69 Å². The molecule has 0 unspecified atom stereocenters. The minimum atomic E-state index is -4.09. The summed E-state index contributed by atoms with van der Waals surface area (Å²) in [5.41, 5.74) is 2.88. The summed E-state index contributed by atoms with van der Waals surface area (Å²) in [7, 11) is -4.09. The first-order chi connectivity index (χ1) is 17.9. The second-order valence-corrected chi connectivity index (χ2v) is 12.3. The van der Waals surface area contributed by atoms with Crippen molar-refractivity contribution in [3.8, 4) is 0 Å². The summed E-state index contributed by atoms with van der Waals surface area (Å²) in [6.45, 7) is 8.75. The Morgan fingerprint density at radius 1 is 0.921 bits per heavy atom. The van der Waals surface area contributed by atoms with Gasteiger partial charge in [0.1, 0.15) is 12.6 Å². The molecule has 3 aromatic carbocycles. The highest BCUT2D eigenvalue weighted by molar-refractivity contribution is 9.10. The number of amides is 2. The van der Waals surface area contributed by atoms with Crippen molar-refractivity contribution < 1.29 is 18.0 Å². The molecule has 0 bridgehead atoms. The molecule has 0 aromatic heterocycles. The van der Waals surface area contributed by atoms with Crippen molar-refractivity contribution in [2.75, 3.05) is 10.8 Å². The van der Waals surface area contributed by atoms with Gasteiger partial charge in [-0.1, -0.05) is 58.4 Å². The highest BCUT2D eigenvalue weighted by Gasteiger charge is 2.33. The van der Waals surface area contributed by atoms with Crippen LogP contribution in [0.2, 0.25) is 0 Å². The van der Waals surface area contributed by atoms with Gasteiger partial charge in [0.05, 0.1) is 10.6 Å². The van der Waals surface area contributed by atoms with Gasteiger partial charge < -0.3 is 10.2 Å². The Kier molecular flexibility index (Phi) is 9.73. The van der Waals surface area contributed by atoms with E-state index in [-0.39, 0.29) is 23.4 Å². The SMILES string of the molecule is Cc1cccc(N(CC(=O)N(Cc2cccc(Br)c2)[C@H](C)C(=O)NC(C)C)S(=O)(=O)c2ccccc2)c1C. The number of hydrogen-bond donors (Lipinski definition) is 1. The van der Waals surface area contributed by atoms with Crippen molar-refractivity contribution in [3.63, 3.8) is 0 Å². The number of nitrogens with one attached hydrogen (secondary N) is 1. The molecule has 1 atom stereocenters. The van der Waals surface area contributed by atoms with Crippen molar-refractivity contribution in [2.45, 2.75) is 58.1 Å². The summed E-state index contributed by atoms with van der Waals surface area (Å²) in [5, 5.41) is 2.86. The molecule has 0 saturated carbocycles. The zero-order chi connectivity index (χ0) is 28.0. The molecule has 2 amide bonds. The number of benzene rings is 3. The van der Waals surface area contributed by atoms with Crippen LogP contribution in [-0.2, 0) is 26.2 Å². The van der Waals surface area contributed by atoms with Gasteiger partial charge in [-0.3, -0.25) is 13.9 Å². The van der Waals surface area contributed by atoms with Crippen LogP contribution in [0.3, 0.4) is 0 Å². The fraction of sp³-hybridized carbons (Fsp3) is 0.310. The monoisotopic (exact) mass is 599 g/mol. The molecule has 0 aliphatic rings. The van der Waals surface area contributed by atoms with Crippen LogP contribution in [0.1, 0.15) is 37.5 Å². The highest BCUT2D eigenvalue weighted by atomic mass is 79.9. The van der Waals surface area contributed by atoms with E-state index in [1.807, 2.05) is 58.0 Å². The van der Waals surface area contributed by atoms with Gasteiger partial charge in [0.15, 0.2) is 0 Å². The number of halogens is 1. The third kappa shape index (κ3) is 7.02. The topological polar surface area (TPSA) is 86.8 Å². The fourth-order valence-corrected chi connectivity index (χ4v) is 6.00. The second kappa shape index (κ2) is 12.6. The smallest absolute Gasteiger partial charge is 0.264 e. The quantitative estimate of drug-likeness (QED) is 0.347. The molecule has 202 valence electrons. The lowest BCUT2D eigenvalue weighted by atomic mass is 10.1. The molecule has 3 aromatic rings. The standard InChI is InChI=1S/C29H34BrN3O4S/c1-20(2)31-29(35)23(5)32(18-24-12-10-13-25(30)17-24)28(34)19-33(27-16-9-11-21(3)22(27)4)38(36,37)26-14-7-6-8-15-26/h6-17,20,23H,18-19H2,1-5H3,(H,31,35)/t23-/m1/s1. The van der Waals surface area contributed by atoms with Crippen LogP contribution < -0.4 is 9.62 Å². The van der Waals surface area contributed by atoms with Gasteiger partial charge in [0.2, 0.25) is 11.8 Å². The Hall–Kier alpha value is -3.17. The van der Waals surface area contributed by atoms with E-state index in [0.717, 1.165) is 25.5 Å². The van der Waals surface area contributed by atoms with E-state index in [1.165, 1.54) is 17.0 Å². The van der Waals surface area contributed by atoms with E-state index in [2.05, 4.69) is 21.2 Å². The predicted octanol–water partition coefficient (Wildman–Crippen LogP) is 5.20. The molecule has 38 heavy (non-hydrogen) atoms. The predicted molar refractivity (Wildman–Crippen MR) is 154 cm³/mol. The molecule has 0 fully saturated rings. The van der Waals surface area contributed by atoms with E-state index in [4.69, 9.17) is 0 Å². The number of carbonyl (C=O) groups is 2. The Balaban J connectivity index is 2.07. The Morgan fingerprint density at radius 2 is 1.58 bits per heavy atom. The van der Waals surface area contributed by atoms with Gasteiger partial charge in [-0.25, -0.2) is 8.42 Å². The Morgan fingerprint density at radius 3 is 2.21 bits per heavy atom. The van der Waals surface area contributed by atoms with Crippen LogP contribution in [0.5, 0.6) is 0 Å². The molecule has 0 heterocycles. The summed E-state index contributed by atoms with van der Waals surface area (Å²) < 4.78 is 29.7. The summed E-state index contributed by atoms with van der Waals surface area (Å²) in [6, 6.07) is 19.9. The number of carbonyl (C=O) groups excluding carboxylic acids is 2. The number of sulfonamides is 1. The zero-order valence-corrected chi connectivity index (χ0v) is 24.7. The number of rotatable bonds is 10. The Labute approximate surface area is 234 Å². The van der Waals surface area contributed by atoms with Crippen LogP contribution in [0.25, 0.3) is 0 Å². The maximum atomic E-state index is 14.0. The first kappa shape index (κ1) is 29.4. The lowest BCUT2D eigenvalue weighted by molar-refractivity contribution is -0.139. The molecular weight excluding hydrogens is 566 g/mol. The van der Waals surface area contributed by atoms with Crippen LogP contribution >= 0.6 is 15.9 Å². The van der Waals surface area contributed by atoms with E-state index >= 15 is 0 Å². The van der Waals surface area contributed by atoms with Gasteiger partial charge in [-0.05, 0) is 81.6 Å². The normalized spacial score (nSPS) is 12.2. The summed E-state index contributed by atoms with van der Waals surface area (Å²) in [4.78, 5) is 28.4. The molecule has 0 aliphatic carbocycles. The number of hydrogen-bond acceptors (Lipinski definition) is 4. The van der Waals surface area contributed by atoms with Crippen molar-refractivity contribution in [1.29, 1.82) is 0 Å². The second-order valence-electron chi connectivity index (χ2n) is 9.53. The van der Waals surface area contributed by atoms with E-state index < -0.39 is 28.5 Å². The zero-order valence-electron chi connectivity index (χ0n) is 22.3. The van der Waals surface area contributed by atoms with Crippen LogP contribution in [-0.4, -0.2) is 43.8 Å². The first-order valence-corrected chi connectivity index (χ1v) is 14.6. The first-order valence-electron chi connectivity index (χ1n) is 12.4. The molecule has 7 nitrogen and oxygen atoms in total. The molecule has 0 radical (unpaired) electrons. The average molecular weight is 601 g/mol. The van der Waals surface area contributed by atoms with Crippen molar-refractivity contribution in [2.24, 2.45) is 0 Å². The van der Waals surface area contributed by atoms with E-state index in [0.29, 0.717) is 5.69 Å². The van der Waals surface area contributed by atoms with Crippen molar-refractivity contribution >= 4 is 43.5 Å². The van der Waals surface area contributed by atoms with Gasteiger partial charge in [0.25, 0.3) is 10.0 Å². The van der Waals surface area contributed by atoms with Crippen LogP contribution in [0.15, 0.2) is 82.2 Å². The molecule has 1 N–H and O–H groups in total. The van der Waals surface area contributed by atoms with Gasteiger partial charge in [-0.2, -0.15) is 0 Å². The van der Waals surface area contributed by atoms with Crippen molar-refractivity contribution in [1.82, 2.24) is 10.2 Å². The number of nitrogens with zero attached hydrogens (tertiary/aromatic N) is 2. The van der Waals surface area contributed by atoms with Crippen LogP contribution in [0, 0.1) is 13.8 Å². The minimum Gasteiger partial charge on any atom is -0.352 e. The van der Waals surface area contributed by atoms with E-state index in [9.17, 15) is 18.0 Å². The molecule has 3 rings (SSSR count). The highest BCUT2D eigenvalue weighted by Crippen LogP contribution is 2.29. The number of anilines is 1. The largest absolute Gasteiger partial charge is 0.352 e. The third-order valence-corrected chi connectivity index (χ3v) is 8.56. The van der Waals surface area contributed by atoms with Gasteiger partial charge in [-0.15, -0.1) is 0 Å². The lowest BCUT2D eigenvalue weighted by Gasteiger charge is -2.33. The molecule has 0 saturated heterocycles. The summed E-state index contributed by atoms with van der Waals surface area (Å²) >= 11 is 3.46. The van der Waals surface area contributed by atoms with Crippen molar-refractivity contribution in [3.05, 3.63) is 94.0 Å². The minimum absolute atomic E-state index is 0.0813. The maximum absolute atomic E-state index is 14.0. The Bertz CT molecular complexity index is 1390. The fourth-order valence-electron chi connectivity index (χ4n) is 4.06. The number of aryl methyl sites for hydroxylation is 1. The van der Waals surface area contributed by atoms with Gasteiger partial charge >= 0.3 is 0 Å². The lowest BCUT2D eigenvalue weighted by Crippen LogP contribution is -2.52. The molecule has 0 spiro atoms. The maximum Gasteiger partial charge on any atom is 0.264 e. The third-order valence-electron chi connectivity index (χ3n) is 6.29. The van der Waals surface area contributed by atoms with Gasteiger partial charge in [0, 0.05) is 17.1 Å². The summed E-state index contributed by atoms with van der Waals surface area (Å²) in [6.07, 6.45) is 0. The molecular formula is C29H34BrN3O4S. The summed E-state index contributed by atoms with van der Waals surface area (Å²) in [5.74, 6) is -0.802. The molecule has 0 aliphatic heterocycles. The van der Waals surface area contributed by atoms with E-state index in [1.54, 1.807) is 37.3 Å². The molecule has 9 heteroatoms.